The van der Waals surface area contributed by atoms with E-state index in [9.17, 15) is 4.79 Å². The molecular formula is C11H20N6O2. The van der Waals surface area contributed by atoms with Crippen molar-refractivity contribution in [3.63, 3.8) is 0 Å². The van der Waals surface area contributed by atoms with Crippen molar-refractivity contribution in [3.8, 4) is 0 Å². The monoisotopic (exact) mass is 268 g/mol. The molecule has 1 aromatic heterocycles. The van der Waals surface area contributed by atoms with E-state index in [0.717, 1.165) is 0 Å². The summed E-state index contributed by atoms with van der Waals surface area (Å²) >= 11 is 0. The summed E-state index contributed by atoms with van der Waals surface area (Å²) in [6, 6.07) is 0. The van der Waals surface area contributed by atoms with Gasteiger partial charge in [-0.1, -0.05) is 19.0 Å². The molecule has 8 nitrogen and oxygen atoms in total. The number of amidine groups is 1. The molecule has 0 bridgehead atoms. The summed E-state index contributed by atoms with van der Waals surface area (Å²) in [6.45, 7) is 4.08. The lowest BCUT2D eigenvalue weighted by Gasteiger charge is -2.18. The van der Waals surface area contributed by atoms with E-state index < -0.39 is 5.92 Å². The van der Waals surface area contributed by atoms with Gasteiger partial charge in [0.2, 0.25) is 5.91 Å². The molecule has 0 aliphatic heterocycles. The number of nitrogens with zero attached hydrogens (tertiary/aromatic N) is 4. The van der Waals surface area contributed by atoms with Crippen LogP contribution >= 0.6 is 0 Å². The second kappa shape index (κ2) is 6.72. The van der Waals surface area contributed by atoms with E-state index in [4.69, 9.17) is 10.9 Å². The third-order valence-electron chi connectivity index (χ3n) is 2.68. The number of carbonyl (C=O) groups excluding carboxylic acids is 1. The lowest BCUT2D eigenvalue weighted by molar-refractivity contribution is -0.124. The van der Waals surface area contributed by atoms with Gasteiger partial charge >= 0.3 is 0 Å². The van der Waals surface area contributed by atoms with Gasteiger partial charge in [-0.25, -0.2) is 4.98 Å². The molecule has 19 heavy (non-hydrogen) atoms. The van der Waals surface area contributed by atoms with E-state index in [1.807, 2.05) is 13.8 Å². The molecule has 0 aliphatic rings. The van der Waals surface area contributed by atoms with Gasteiger partial charge in [-0.3, -0.25) is 9.48 Å². The Labute approximate surface area is 111 Å². The first kappa shape index (κ1) is 14.9. The van der Waals surface area contributed by atoms with Crippen molar-refractivity contribution in [2.45, 2.75) is 20.3 Å². The second-order valence-corrected chi connectivity index (χ2v) is 4.62. The average Bonchev–Trinajstić information content (AvgIpc) is 2.74. The molecule has 0 saturated heterocycles. The molecule has 4 N–H and O–H groups in total. The van der Waals surface area contributed by atoms with Crippen LogP contribution in [0, 0.1) is 11.8 Å². The van der Waals surface area contributed by atoms with Crippen LogP contribution in [0.1, 0.15) is 19.7 Å². The van der Waals surface area contributed by atoms with E-state index in [1.54, 1.807) is 18.1 Å². The van der Waals surface area contributed by atoms with Crippen LogP contribution in [0.3, 0.4) is 0 Å². The highest BCUT2D eigenvalue weighted by Gasteiger charge is 2.26. The first-order chi connectivity index (χ1) is 8.95. The van der Waals surface area contributed by atoms with E-state index in [-0.39, 0.29) is 17.7 Å². The molecule has 106 valence electrons. The molecule has 0 spiro atoms. The summed E-state index contributed by atoms with van der Waals surface area (Å²) in [4.78, 5) is 16.0. The molecule has 0 saturated carbocycles. The molecule has 8 heteroatoms. The fourth-order valence-corrected chi connectivity index (χ4v) is 1.75. The van der Waals surface area contributed by atoms with Crippen molar-refractivity contribution in [3.05, 3.63) is 12.2 Å². The zero-order valence-corrected chi connectivity index (χ0v) is 11.4. The van der Waals surface area contributed by atoms with E-state index in [2.05, 4.69) is 20.6 Å². The van der Waals surface area contributed by atoms with Crippen molar-refractivity contribution < 1.29 is 10.0 Å². The van der Waals surface area contributed by atoms with E-state index >= 15 is 0 Å². The third kappa shape index (κ3) is 4.23. The minimum atomic E-state index is -0.637. The molecule has 1 amide bonds. The maximum atomic E-state index is 12.0. The first-order valence-electron chi connectivity index (χ1n) is 6.05. The summed E-state index contributed by atoms with van der Waals surface area (Å²) in [6.07, 6.45) is 2.14. The molecular weight excluding hydrogens is 248 g/mol. The van der Waals surface area contributed by atoms with Crippen molar-refractivity contribution in [1.29, 1.82) is 0 Å². The molecule has 0 radical (unpaired) electrons. The average molecular weight is 268 g/mol. The van der Waals surface area contributed by atoms with Crippen LogP contribution in [-0.2, 0) is 18.3 Å². The van der Waals surface area contributed by atoms with Gasteiger partial charge < -0.3 is 16.3 Å². The largest absolute Gasteiger partial charge is 0.409 e. The number of carbonyl (C=O) groups is 1. The summed E-state index contributed by atoms with van der Waals surface area (Å²) in [5, 5.41) is 18.4. The van der Waals surface area contributed by atoms with Crippen molar-refractivity contribution >= 4 is 11.7 Å². The zero-order valence-electron chi connectivity index (χ0n) is 11.4. The van der Waals surface area contributed by atoms with Crippen LogP contribution in [0.25, 0.3) is 0 Å². The third-order valence-corrected chi connectivity index (χ3v) is 2.68. The summed E-state index contributed by atoms with van der Waals surface area (Å²) in [5.41, 5.74) is 5.52. The molecule has 0 aromatic carbocycles. The number of hydrogen-bond acceptors (Lipinski definition) is 5. The SMILES string of the molecule is CC(C)C(C(=O)NCCc1ncn(C)n1)C(N)=NO. The number of aromatic nitrogens is 3. The summed E-state index contributed by atoms with van der Waals surface area (Å²) in [7, 11) is 1.78. The van der Waals surface area contributed by atoms with Gasteiger partial charge in [-0.2, -0.15) is 5.10 Å². The van der Waals surface area contributed by atoms with Gasteiger partial charge in [0.1, 0.15) is 12.2 Å². The van der Waals surface area contributed by atoms with E-state index in [0.29, 0.717) is 18.8 Å². The Bertz CT molecular complexity index is 454. The number of rotatable bonds is 6. The van der Waals surface area contributed by atoms with Gasteiger partial charge in [-0.15, -0.1) is 0 Å². The Hall–Kier alpha value is -2.12. The van der Waals surface area contributed by atoms with Crippen molar-refractivity contribution in [1.82, 2.24) is 20.1 Å². The van der Waals surface area contributed by atoms with Gasteiger partial charge in [0.15, 0.2) is 11.7 Å². The maximum Gasteiger partial charge on any atom is 0.231 e. The van der Waals surface area contributed by atoms with Gasteiger partial charge in [0, 0.05) is 20.0 Å². The van der Waals surface area contributed by atoms with Crippen LogP contribution in [0.4, 0.5) is 0 Å². The molecule has 1 unspecified atom stereocenters. The number of hydrogen-bond donors (Lipinski definition) is 3. The van der Waals surface area contributed by atoms with Gasteiger partial charge in [-0.05, 0) is 5.92 Å². The molecule has 1 aromatic rings. The minimum Gasteiger partial charge on any atom is -0.409 e. The van der Waals surface area contributed by atoms with Crippen LogP contribution in [0.15, 0.2) is 11.5 Å². The highest BCUT2D eigenvalue weighted by Crippen LogP contribution is 2.11. The lowest BCUT2D eigenvalue weighted by atomic mass is 9.94. The summed E-state index contributed by atoms with van der Waals surface area (Å²) < 4.78 is 1.60. The number of aryl methyl sites for hydroxylation is 1. The second-order valence-electron chi connectivity index (χ2n) is 4.62. The van der Waals surface area contributed by atoms with Crippen LogP contribution in [0.2, 0.25) is 0 Å². The standard InChI is InChI=1S/C11H20N6O2/c1-7(2)9(10(12)16-19)11(18)13-5-4-8-14-6-17(3)15-8/h6-7,9,19H,4-5H2,1-3H3,(H2,12,16)(H,13,18). The number of nitrogens with two attached hydrogens (primary N) is 1. The van der Waals surface area contributed by atoms with Crippen LogP contribution in [-0.4, -0.2) is 38.3 Å². The predicted molar refractivity (Wildman–Crippen MR) is 69.5 cm³/mol. The highest BCUT2D eigenvalue weighted by molar-refractivity contribution is 6.02. The molecule has 1 rings (SSSR count). The first-order valence-corrected chi connectivity index (χ1v) is 6.05. The topological polar surface area (TPSA) is 118 Å². The predicted octanol–water partition coefficient (Wildman–Crippen LogP) is -0.508. The van der Waals surface area contributed by atoms with Crippen LogP contribution < -0.4 is 11.1 Å². The Balaban J connectivity index is 2.49. The molecule has 1 heterocycles. The highest BCUT2D eigenvalue weighted by atomic mass is 16.4. The van der Waals surface area contributed by atoms with E-state index in [1.165, 1.54) is 0 Å². The van der Waals surface area contributed by atoms with Crippen LogP contribution in [0.5, 0.6) is 0 Å². The summed E-state index contributed by atoms with van der Waals surface area (Å²) in [5.74, 6) is -0.372. The molecule has 1 atom stereocenters. The van der Waals surface area contributed by atoms with Gasteiger partial charge in [0.25, 0.3) is 0 Å². The Morgan fingerprint density at radius 2 is 2.32 bits per heavy atom. The zero-order chi connectivity index (χ0) is 14.4. The minimum absolute atomic E-state index is 0.0520. The normalized spacial score (nSPS) is 13.6. The molecule has 0 fully saturated rings. The Kier molecular flexibility index (Phi) is 5.28. The lowest BCUT2D eigenvalue weighted by Crippen LogP contribution is -2.42. The number of amides is 1. The Morgan fingerprint density at radius 3 is 2.79 bits per heavy atom. The van der Waals surface area contributed by atoms with Crippen molar-refractivity contribution in [2.75, 3.05) is 6.54 Å². The smallest absolute Gasteiger partial charge is 0.231 e. The number of nitrogens with one attached hydrogen (secondary N) is 1. The number of oxime groups is 1. The quantitative estimate of drug-likeness (QED) is 0.278. The molecule has 0 aliphatic carbocycles. The van der Waals surface area contributed by atoms with Crippen molar-refractivity contribution in [2.24, 2.45) is 29.8 Å². The fraction of sp³-hybridized carbons (Fsp3) is 0.636. The fourth-order valence-electron chi connectivity index (χ4n) is 1.75. The maximum absolute atomic E-state index is 12.0. The van der Waals surface area contributed by atoms with Gasteiger partial charge in [0.05, 0.1) is 0 Å². The Morgan fingerprint density at radius 1 is 1.63 bits per heavy atom.